The Labute approximate surface area is 189 Å². The molecule has 0 atom stereocenters. The second kappa shape index (κ2) is 10.2. The van der Waals surface area contributed by atoms with Crippen LogP contribution in [0.25, 0.3) is 5.57 Å². The minimum Gasteiger partial charge on any atom is -0.497 e. The number of ether oxygens (including phenoxy) is 3. The van der Waals surface area contributed by atoms with E-state index in [0.29, 0.717) is 59.6 Å². The van der Waals surface area contributed by atoms with Crippen molar-refractivity contribution in [3.8, 4) is 17.2 Å². The van der Waals surface area contributed by atoms with E-state index in [9.17, 15) is 9.59 Å². The third-order valence-corrected chi connectivity index (χ3v) is 5.01. The lowest BCUT2D eigenvalue weighted by Gasteiger charge is -2.15. The fraction of sp³-hybridized carbons (Fsp3) is 0.360. The van der Waals surface area contributed by atoms with Crippen LogP contribution in [0.5, 0.6) is 17.2 Å². The summed E-state index contributed by atoms with van der Waals surface area (Å²) in [7, 11) is 3.11. The Morgan fingerprint density at radius 2 is 1.62 bits per heavy atom. The summed E-state index contributed by atoms with van der Waals surface area (Å²) in [6.07, 6.45) is 0.669. The highest BCUT2D eigenvalue weighted by Crippen LogP contribution is 2.35. The molecule has 0 fully saturated rings. The number of carbonyl (C=O) groups excluding carboxylic acids is 2. The van der Waals surface area contributed by atoms with Crippen molar-refractivity contribution in [2.24, 2.45) is 5.92 Å². The predicted octanol–water partition coefficient (Wildman–Crippen LogP) is 4.34. The van der Waals surface area contributed by atoms with Gasteiger partial charge >= 0.3 is 0 Å². The summed E-state index contributed by atoms with van der Waals surface area (Å²) in [5.41, 5.74) is 1.72. The molecule has 0 unspecified atom stereocenters. The molecule has 0 saturated carbocycles. The molecule has 1 aliphatic rings. The highest BCUT2D eigenvalue weighted by molar-refractivity contribution is 6.36. The molecule has 0 saturated heterocycles. The van der Waals surface area contributed by atoms with E-state index in [1.807, 2.05) is 19.1 Å². The minimum absolute atomic E-state index is 0.214. The molecule has 1 heterocycles. The number of carbonyl (C=O) groups is 2. The van der Waals surface area contributed by atoms with E-state index >= 15 is 0 Å². The van der Waals surface area contributed by atoms with Crippen LogP contribution in [0.4, 0.5) is 5.69 Å². The van der Waals surface area contributed by atoms with Crippen LogP contribution >= 0.6 is 0 Å². The smallest absolute Gasteiger partial charge is 0.278 e. The number of nitrogens with one attached hydrogen (secondary N) is 1. The van der Waals surface area contributed by atoms with Gasteiger partial charge in [0.2, 0.25) is 0 Å². The van der Waals surface area contributed by atoms with E-state index in [0.717, 1.165) is 0 Å². The summed E-state index contributed by atoms with van der Waals surface area (Å²) < 4.78 is 16.5. The maximum absolute atomic E-state index is 13.2. The summed E-state index contributed by atoms with van der Waals surface area (Å²) in [4.78, 5) is 27.7. The van der Waals surface area contributed by atoms with Crippen molar-refractivity contribution in [3.63, 3.8) is 0 Å². The number of nitrogens with zero attached hydrogens (tertiary/aromatic N) is 1. The summed E-state index contributed by atoms with van der Waals surface area (Å²) >= 11 is 0. The summed E-state index contributed by atoms with van der Waals surface area (Å²) in [5.74, 6) is 1.57. The van der Waals surface area contributed by atoms with Crippen LogP contribution in [0, 0.1) is 5.92 Å². The van der Waals surface area contributed by atoms with E-state index in [1.165, 1.54) is 4.90 Å². The zero-order valence-electron chi connectivity index (χ0n) is 19.2. The molecule has 3 rings (SSSR count). The third-order valence-electron chi connectivity index (χ3n) is 5.01. The van der Waals surface area contributed by atoms with Crippen molar-refractivity contribution >= 4 is 23.1 Å². The van der Waals surface area contributed by atoms with Crippen molar-refractivity contribution in [1.29, 1.82) is 0 Å². The molecule has 0 bridgehead atoms. The van der Waals surface area contributed by atoms with E-state index in [2.05, 4.69) is 19.2 Å². The molecule has 32 heavy (non-hydrogen) atoms. The van der Waals surface area contributed by atoms with Crippen molar-refractivity contribution < 1.29 is 23.8 Å². The van der Waals surface area contributed by atoms with Gasteiger partial charge < -0.3 is 19.5 Å². The van der Waals surface area contributed by atoms with Crippen molar-refractivity contribution in [1.82, 2.24) is 4.90 Å². The van der Waals surface area contributed by atoms with Gasteiger partial charge in [-0.3, -0.25) is 14.5 Å². The molecule has 2 aromatic rings. The monoisotopic (exact) mass is 438 g/mol. The van der Waals surface area contributed by atoms with Crippen LogP contribution in [0.1, 0.15) is 32.8 Å². The molecule has 7 nitrogen and oxygen atoms in total. The number of rotatable bonds is 10. The Balaban J connectivity index is 2.02. The highest BCUT2D eigenvalue weighted by atomic mass is 16.5. The molecule has 0 aliphatic carbocycles. The van der Waals surface area contributed by atoms with Gasteiger partial charge in [-0.1, -0.05) is 32.9 Å². The molecular weight excluding hydrogens is 408 g/mol. The Morgan fingerprint density at radius 1 is 0.938 bits per heavy atom. The molecule has 0 aromatic heterocycles. The quantitative estimate of drug-likeness (QED) is 0.556. The fourth-order valence-electron chi connectivity index (χ4n) is 3.41. The molecule has 7 heteroatoms. The number of benzene rings is 2. The van der Waals surface area contributed by atoms with Crippen molar-refractivity contribution in [2.45, 2.75) is 27.2 Å². The maximum atomic E-state index is 13.2. The van der Waals surface area contributed by atoms with Gasteiger partial charge in [0, 0.05) is 12.6 Å². The van der Waals surface area contributed by atoms with Crippen molar-refractivity contribution in [2.75, 3.05) is 32.7 Å². The van der Waals surface area contributed by atoms with Gasteiger partial charge in [0.05, 0.1) is 32.1 Å². The number of methoxy groups -OCH3 is 2. The SMILES string of the molecule is CCCN1C(=O)C(Nc2cc(OC)ccc2OC)=C(c2ccc(OCC(C)C)cc2)C1=O. The van der Waals surface area contributed by atoms with E-state index < -0.39 is 0 Å². The molecule has 2 aromatic carbocycles. The van der Waals surface area contributed by atoms with Gasteiger partial charge in [0.1, 0.15) is 22.9 Å². The van der Waals surface area contributed by atoms with Gasteiger partial charge in [-0.25, -0.2) is 0 Å². The Morgan fingerprint density at radius 3 is 2.22 bits per heavy atom. The lowest BCUT2D eigenvalue weighted by Crippen LogP contribution is -2.33. The summed E-state index contributed by atoms with van der Waals surface area (Å²) in [6, 6.07) is 12.5. The normalized spacial score (nSPS) is 13.8. The lowest BCUT2D eigenvalue weighted by atomic mass is 10.0. The summed E-state index contributed by atoms with van der Waals surface area (Å²) in [6.45, 7) is 7.03. The number of anilines is 1. The van der Waals surface area contributed by atoms with Gasteiger partial charge in [0.25, 0.3) is 11.8 Å². The molecule has 170 valence electrons. The van der Waals surface area contributed by atoms with Crippen LogP contribution in [-0.4, -0.2) is 44.1 Å². The number of hydrogen-bond acceptors (Lipinski definition) is 6. The predicted molar refractivity (Wildman–Crippen MR) is 124 cm³/mol. The van der Waals surface area contributed by atoms with Crippen molar-refractivity contribution in [3.05, 3.63) is 53.7 Å². The summed E-state index contributed by atoms with van der Waals surface area (Å²) in [5, 5.41) is 3.14. The first-order valence-corrected chi connectivity index (χ1v) is 10.7. The lowest BCUT2D eigenvalue weighted by molar-refractivity contribution is -0.136. The average molecular weight is 439 g/mol. The molecule has 2 amide bonds. The molecule has 0 radical (unpaired) electrons. The zero-order valence-corrected chi connectivity index (χ0v) is 19.2. The third kappa shape index (κ3) is 4.88. The van der Waals surface area contributed by atoms with E-state index in [-0.39, 0.29) is 17.5 Å². The van der Waals surface area contributed by atoms with E-state index in [1.54, 1.807) is 44.6 Å². The van der Waals surface area contributed by atoms with E-state index in [4.69, 9.17) is 14.2 Å². The minimum atomic E-state index is -0.364. The highest BCUT2D eigenvalue weighted by Gasteiger charge is 2.39. The van der Waals surface area contributed by atoms with Crippen LogP contribution < -0.4 is 19.5 Å². The van der Waals surface area contributed by atoms with Gasteiger partial charge in [0.15, 0.2) is 0 Å². The fourth-order valence-corrected chi connectivity index (χ4v) is 3.41. The first-order chi connectivity index (χ1) is 15.4. The Hall–Kier alpha value is -3.48. The molecule has 1 N–H and O–H groups in total. The van der Waals surface area contributed by atoms with Crippen LogP contribution in [0.3, 0.4) is 0 Å². The molecule has 1 aliphatic heterocycles. The molecule has 0 spiro atoms. The standard InChI is InChI=1S/C25H30N2O5/c1-6-13-27-24(28)22(17-7-9-18(10-8-17)32-15-16(2)3)23(25(27)29)26-20-14-19(30-4)11-12-21(20)31-5/h7-12,14,16,26H,6,13,15H2,1-5H3. The van der Waals surface area contributed by atoms with Crippen LogP contribution in [0.2, 0.25) is 0 Å². The first kappa shape index (κ1) is 23.2. The Bertz CT molecular complexity index is 1010. The Kier molecular flexibility index (Phi) is 7.41. The van der Waals surface area contributed by atoms with Gasteiger partial charge in [-0.15, -0.1) is 0 Å². The van der Waals surface area contributed by atoms with Crippen LogP contribution in [-0.2, 0) is 9.59 Å². The van der Waals surface area contributed by atoms with Gasteiger partial charge in [-0.2, -0.15) is 0 Å². The maximum Gasteiger partial charge on any atom is 0.278 e. The van der Waals surface area contributed by atoms with Crippen LogP contribution in [0.15, 0.2) is 48.2 Å². The number of imide groups is 1. The average Bonchev–Trinajstić information content (AvgIpc) is 3.02. The topological polar surface area (TPSA) is 77.1 Å². The number of amides is 2. The largest absolute Gasteiger partial charge is 0.497 e. The first-order valence-electron chi connectivity index (χ1n) is 10.7. The zero-order chi connectivity index (χ0) is 23.3. The number of hydrogen-bond donors (Lipinski definition) is 1. The van der Waals surface area contributed by atoms with Gasteiger partial charge in [-0.05, 0) is 42.2 Å². The second-order valence-electron chi connectivity index (χ2n) is 7.93. The second-order valence-corrected chi connectivity index (χ2v) is 7.93. The molecular formula is C25H30N2O5.